The highest BCUT2D eigenvalue weighted by Crippen LogP contribution is 2.24. The summed E-state index contributed by atoms with van der Waals surface area (Å²) < 4.78 is 12.4. The number of benzene rings is 2. The number of para-hydroxylation sites is 2. The van der Waals surface area contributed by atoms with Gasteiger partial charge in [0.25, 0.3) is 0 Å². The second-order valence-electron chi connectivity index (χ2n) is 6.84. The number of fused-ring (bicyclic) bond motifs is 1. The zero-order valence-electron chi connectivity index (χ0n) is 15.9. The Bertz CT molecular complexity index is 932. The molecule has 0 aliphatic heterocycles. The number of oxazole rings is 1. The third-order valence-electron chi connectivity index (χ3n) is 4.67. The molecule has 3 rings (SSSR count). The normalized spacial score (nSPS) is 11.4. The van der Waals surface area contributed by atoms with Gasteiger partial charge in [-0.1, -0.05) is 24.3 Å². The van der Waals surface area contributed by atoms with Gasteiger partial charge in [0.1, 0.15) is 5.75 Å². The highest BCUT2D eigenvalue weighted by molar-refractivity contribution is 5.72. The highest BCUT2D eigenvalue weighted by atomic mass is 16.5. The van der Waals surface area contributed by atoms with E-state index in [-0.39, 0.29) is 5.76 Å². The highest BCUT2D eigenvalue weighted by Gasteiger charge is 2.10. The van der Waals surface area contributed by atoms with Gasteiger partial charge in [0.15, 0.2) is 5.58 Å². The van der Waals surface area contributed by atoms with Crippen molar-refractivity contribution in [3.05, 3.63) is 63.6 Å². The van der Waals surface area contributed by atoms with E-state index in [2.05, 4.69) is 37.9 Å². The lowest BCUT2D eigenvalue weighted by molar-refractivity contribution is 0.312. The van der Waals surface area contributed by atoms with E-state index in [0.29, 0.717) is 12.1 Å². The zero-order valence-corrected chi connectivity index (χ0v) is 15.9. The largest absolute Gasteiger partial charge is 0.496 e. The number of hydrogen-bond donors (Lipinski definition) is 0. The first-order valence-corrected chi connectivity index (χ1v) is 8.90. The minimum absolute atomic E-state index is 0.282. The minimum Gasteiger partial charge on any atom is -0.496 e. The van der Waals surface area contributed by atoms with Gasteiger partial charge < -0.3 is 14.1 Å². The molecule has 138 valence electrons. The van der Waals surface area contributed by atoms with Crippen LogP contribution in [0.5, 0.6) is 5.75 Å². The van der Waals surface area contributed by atoms with Crippen molar-refractivity contribution >= 4 is 11.1 Å². The molecular formula is C21H26N2O3. The number of aromatic nitrogens is 1. The Morgan fingerprint density at radius 1 is 1.15 bits per heavy atom. The number of rotatable bonds is 7. The van der Waals surface area contributed by atoms with Gasteiger partial charge in [-0.3, -0.25) is 4.57 Å². The Hall–Kier alpha value is -2.53. The molecule has 0 fully saturated rings. The molecule has 0 bridgehead atoms. The average Bonchev–Trinajstić information content (AvgIpc) is 2.90. The maximum absolute atomic E-state index is 12.0. The predicted molar refractivity (Wildman–Crippen MR) is 104 cm³/mol. The minimum atomic E-state index is -0.282. The summed E-state index contributed by atoms with van der Waals surface area (Å²) in [6.45, 7) is 6.57. The maximum Gasteiger partial charge on any atom is 0.419 e. The number of hydrogen-bond acceptors (Lipinski definition) is 4. The summed E-state index contributed by atoms with van der Waals surface area (Å²) in [5, 5.41) is 0. The molecule has 0 amide bonds. The van der Waals surface area contributed by atoms with E-state index in [1.165, 1.54) is 5.56 Å². The molecular weight excluding hydrogens is 328 g/mol. The lowest BCUT2D eigenvalue weighted by Crippen LogP contribution is -2.22. The van der Waals surface area contributed by atoms with Crippen LogP contribution < -0.4 is 10.5 Å². The van der Waals surface area contributed by atoms with Crippen molar-refractivity contribution in [3.8, 4) is 5.75 Å². The summed E-state index contributed by atoms with van der Waals surface area (Å²) in [5.41, 5.74) is 5.10. The first-order chi connectivity index (χ1) is 12.5. The maximum atomic E-state index is 12.0. The molecule has 0 saturated heterocycles. The molecule has 0 atom stereocenters. The van der Waals surface area contributed by atoms with Crippen LogP contribution in [0.15, 0.2) is 45.6 Å². The second kappa shape index (κ2) is 7.79. The van der Waals surface area contributed by atoms with Gasteiger partial charge in [-0.25, -0.2) is 4.79 Å². The van der Waals surface area contributed by atoms with Gasteiger partial charge in [-0.05, 0) is 62.7 Å². The summed E-state index contributed by atoms with van der Waals surface area (Å²) in [6, 6.07) is 11.9. The number of ether oxygens (including phenoxy) is 1. The van der Waals surface area contributed by atoms with E-state index < -0.39 is 0 Å². The molecule has 0 unspecified atom stereocenters. The van der Waals surface area contributed by atoms with Crippen LogP contribution in [0.4, 0.5) is 0 Å². The smallest absolute Gasteiger partial charge is 0.419 e. The fraction of sp³-hybridized carbons (Fsp3) is 0.381. The number of methoxy groups -OCH3 is 1. The van der Waals surface area contributed by atoms with Crippen LogP contribution >= 0.6 is 0 Å². The molecule has 3 aromatic rings. The third kappa shape index (κ3) is 3.83. The second-order valence-corrected chi connectivity index (χ2v) is 6.84. The molecule has 0 radical (unpaired) electrons. The van der Waals surface area contributed by atoms with Crippen LogP contribution in [0.1, 0.15) is 23.1 Å². The SMILES string of the molecule is COc1c(C)cc(CN(C)CCCn2c(=O)oc3ccccc32)cc1C. The summed E-state index contributed by atoms with van der Waals surface area (Å²) in [7, 11) is 3.81. The zero-order chi connectivity index (χ0) is 18.7. The first kappa shape index (κ1) is 18.3. The van der Waals surface area contributed by atoms with Gasteiger partial charge in [0.05, 0.1) is 12.6 Å². The topological polar surface area (TPSA) is 47.6 Å². The predicted octanol–water partition coefficient (Wildman–Crippen LogP) is 3.74. The molecule has 0 aliphatic rings. The molecule has 2 aromatic carbocycles. The fourth-order valence-corrected chi connectivity index (χ4v) is 3.57. The van der Waals surface area contributed by atoms with Crippen molar-refractivity contribution in [2.75, 3.05) is 20.7 Å². The molecule has 0 aliphatic carbocycles. The molecule has 0 saturated carbocycles. The molecule has 5 nitrogen and oxygen atoms in total. The van der Waals surface area contributed by atoms with Crippen molar-refractivity contribution in [2.45, 2.75) is 33.4 Å². The van der Waals surface area contributed by atoms with E-state index in [0.717, 1.165) is 41.9 Å². The molecule has 5 heteroatoms. The third-order valence-corrected chi connectivity index (χ3v) is 4.67. The number of nitrogens with zero attached hydrogens (tertiary/aromatic N) is 2. The quantitative estimate of drug-likeness (QED) is 0.648. The summed E-state index contributed by atoms with van der Waals surface area (Å²) in [5.74, 6) is 0.679. The van der Waals surface area contributed by atoms with E-state index in [1.807, 2.05) is 24.3 Å². The van der Waals surface area contributed by atoms with E-state index in [9.17, 15) is 4.79 Å². The standard InChI is InChI=1S/C21H26N2O3/c1-15-12-17(13-16(2)20(15)25-4)14-22(3)10-7-11-23-18-8-5-6-9-19(18)26-21(23)24/h5-6,8-9,12-13H,7,10-11,14H2,1-4H3. The summed E-state index contributed by atoms with van der Waals surface area (Å²) in [4.78, 5) is 14.3. The Labute approximate surface area is 153 Å². The van der Waals surface area contributed by atoms with Crippen molar-refractivity contribution in [1.29, 1.82) is 0 Å². The molecule has 26 heavy (non-hydrogen) atoms. The van der Waals surface area contributed by atoms with Crippen molar-refractivity contribution < 1.29 is 9.15 Å². The molecule has 1 aromatic heterocycles. The van der Waals surface area contributed by atoms with Crippen LogP contribution in [0.25, 0.3) is 11.1 Å². The molecule has 1 heterocycles. The van der Waals surface area contributed by atoms with Crippen LogP contribution in [0, 0.1) is 13.8 Å². The number of aryl methyl sites for hydroxylation is 3. The van der Waals surface area contributed by atoms with Crippen LogP contribution in [0.3, 0.4) is 0 Å². The van der Waals surface area contributed by atoms with Crippen molar-refractivity contribution in [1.82, 2.24) is 9.47 Å². The van der Waals surface area contributed by atoms with Gasteiger partial charge in [0.2, 0.25) is 0 Å². The first-order valence-electron chi connectivity index (χ1n) is 8.90. The van der Waals surface area contributed by atoms with Gasteiger partial charge in [-0.2, -0.15) is 0 Å². The average molecular weight is 354 g/mol. The lowest BCUT2D eigenvalue weighted by atomic mass is 10.1. The van der Waals surface area contributed by atoms with E-state index >= 15 is 0 Å². The van der Waals surface area contributed by atoms with Gasteiger partial charge in [0, 0.05) is 13.1 Å². The van der Waals surface area contributed by atoms with Crippen LogP contribution in [0.2, 0.25) is 0 Å². The molecule has 0 spiro atoms. The Morgan fingerprint density at radius 2 is 1.85 bits per heavy atom. The Kier molecular flexibility index (Phi) is 5.47. The van der Waals surface area contributed by atoms with Gasteiger partial charge in [-0.15, -0.1) is 0 Å². The lowest BCUT2D eigenvalue weighted by Gasteiger charge is -2.18. The monoisotopic (exact) mass is 354 g/mol. The van der Waals surface area contributed by atoms with E-state index in [1.54, 1.807) is 11.7 Å². The van der Waals surface area contributed by atoms with Crippen molar-refractivity contribution in [2.24, 2.45) is 0 Å². The Morgan fingerprint density at radius 3 is 2.54 bits per heavy atom. The molecule has 0 N–H and O–H groups in total. The summed E-state index contributed by atoms with van der Waals surface area (Å²) >= 11 is 0. The van der Waals surface area contributed by atoms with Crippen LogP contribution in [-0.2, 0) is 13.1 Å². The van der Waals surface area contributed by atoms with E-state index in [4.69, 9.17) is 9.15 Å². The summed E-state index contributed by atoms with van der Waals surface area (Å²) in [6.07, 6.45) is 0.883. The van der Waals surface area contributed by atoms with Crippen molar-refractivity contribution in [3.63, 3.8) is 0 Å². The van der Waals surface area contributed by atoms with Gasteiger partial charge >= 0.3 is 5.76 Å². The Balaban J connectivity index is 1.60. The fourth-order valence-electron chi connectivity index (χ4n) is 3.57. The van der Waals surface area contributed by atoms with Crippen LogP contribution in [-0.4, -0.2) is 30.2 Å².